The van der Waals surface area contributed by atoms with Crippen LogP contribution < -0.4 is 19.9 Å². The predicted octanol–water partition coefficient (Wildman–Crippen LogP) is 1.93. The molecule has 0 atom stereocenters. The van der Waals surface area contributed by atoms with Crippen LogP contribution in [0.25, 0.3) is 5.70 Å². The Hall–Kier alpha value is -2.35. The number of rotatable bonds is 4. The average molecular weight is 248 g/mol. The van der Waals surface area contributed by atoms with E-state index in [0.29, 0.717) is 34.1 Å². The van der Waals surface area contributed by atoms with Crippen LogP contribution in [0, 0.1) is 11.3 Å². The zero-order valence-electron chi connectivity index (χ0n) is 10.9. The first-order chi connectivity index (χ1) is 8.60. The van der Waals surface area contributed by atoms with Crippen molar-refractivity contribution in [2.24, 2.45) is 5.73 Å². The van der Waals surface area contributed by atoms with Gasteiger partial charge in [0.1, 0.15) is 0 Å². The van der Waals surface area contributed by atoms with Crippen LogP contribution in [0.15, 0.2) is 17.7 Å². The molecule has 0 aliphatic carbocycles. The first-order valence-electron chi connectivity index (χ1n) is 5.26. The van der Waals surface area contributed by atoms with Gasteiger partial charge in [0.25, 0.3) is 0 Å². The highest BCUT2D eigenvalue weighted by molar-refractivity contribution is 5.76. The van der Waals surface area contributed by atoms with Crippen LogP contribution in [0.3, 0.4) is 0 Å². The van der Waals surface area contributed by atoms with E-state index in [1.54, 1.807) is 19.1 Å². The van der Waals surface area contributed by atoms with Crippen molar-refractivity contribution in [3.8, 4) is 23.3 Å². The zero-order valence-corrected chi connectivity index (χ0v) is 10.9. The maximum atomic E-state index is 8.87. The van der Waals surface area contributed by atoms with Crippen molar-refractivity contribution in [2.45, 2.75) is 6.92 Å². The molecule has 2 N–H and O–H groups in total. The molecular weight excluding hydrogens is 232 g/mol. The van der Waals surface area contributed by atoms with E-state index >= 15 is 0 Å². The molecular formula is C13H16N2O3. The topological polar surface area (TPSA) is 77.5 Å². The minimum atomic E-state index is 0.357. The van der Waals surface area contributed by atoms with Gasteiger partial charge in [0.2, 0.25) is 5.75 Å². The van der Waals surface area contributed by atoms with E-state index in [0.717, 1.165) is 0 Å². The van der Waals surface area contributed by atoms with E-state index in [2.05, 4.69) is 0 Å². The Morgan fingerprint density at radius 1 is 1.11 bits per heavy atom. The highest BCUT2D eigenvalue weighted by atomic mass is 16.5. The Morgan fingerprint density at radius 2 is 1.72 bits per heavy atom. The van der Waals surface area contributed by atoms with Gasteiger partial charge < -0.3 is 19.9 Å². The van der Waals surface area contributed by atoms with Gasteiger partial charge in [-0.25, -0.2) is 0 Å². The number of methoxy groups -OCH3 is 3. The van der Waals surface area contributed by atoms with Gasteiger partial charge in [-0.1, -0.05) is 0 Å². The van der Waals surface area contributed by atoms with Gasteiger partial charge in [0.15, 0.2) is 11.5 Å². The monoisotopic (exact) mass is 248 g/mol. The molecule has 0 saturated heterocycles. The number of hydrogen-bond donors (Lipinski definition) is 1. The molecule has 5 heteroatoms. The van der Waals surface area contributed by atoms with Crippen LogP contribution in [0.2, 0.25) is 0 Å². The summed E-state index contributed by atoms with van der Waals surface area (Å²) >= 11 is 0. The lowest BCUT2D eigenvalue weighted by atomic mass is 10.1. The summed E-state index contributed by atoms with van der Waals surface area (Å²) in [6, 6.07) is 5.46. The van der Waals surface area contributed by atoms with Crippen molar-refractivity contribution >= 4 is 5.70 Å². The van der Waals surface area contributed by atoms with Gasteiger partial charge >= 0.3 is 0 Å². The molecule has 96 valence electrons. The lowest BCUT2D eigenvalue weighted by Gasteiger charge is -2.16. The first kappa shape index (κ1) is 13.7. The predicted molar refractivity (Wildman–Crippen MR) is 68.5 cm³/mol. The number of nitrogens with zero attached hydrogens (tertiary/aromatic N) is 1. The Kier molecular flexibility index (Phi) is 4.44. The summed E-state index contributed by atoms with van der Waals surface area (Å²) in [6.07, 6.45) is 0. The van der Waals surface area contributed by atoms with Gasteiger partial charge in [0, 0.05) is 5.56 Å². The van der Waals surface area contributed by atoms with Crippen molar-refractivity contribution in [1.82, 2.24) is 0 Å². The number of hydrogen-bond acceptors (Lipinski definition) is 5. The molecule has 0 aromatic heterocycles. The Labute approximate surface area is 106 Å². The van der Waals surface area contributed by atoms with E-state index in [-0.39, 0.29) is 0 Å². The smallest absolute Gasteiger partial charge is 0.203 e. The molecule has 18 heavy (non-hydrogen) atoms. The van der Waals surface area contributed by atoms with Crippen LogP contribution in [-0.2, 0) is 0 Å². The summed E-state index contributed by atoms with van der Waals surface area (Å²) in [5.74, 6) is 1.44. The fourth-order valence-corrected chi connectivity index (χ4v) is 1.58. The third-order valence-corrected chi connectivity index (χ3v) is 2.57. The highest BCUT2D eigenvalue weighted by Crippen LogP contribution is 2.41. The third kappa shape index (κ3) is 2.33. The zero-order chi connectivity index (χ0) is 13.7. The summed E-state index contributed by atoms with van der Waals surface area (Å²) in [7, 11) is 4.56. The molecule has 0 amide bonds. The summed E-state index contributed by atoms with van der Waals surface area (Å²) in [5, 5.41) is 8.87. The van der Waals surface area contributed by atoms with Crippen molar-refractivity contribution in [3.63, 3.8) is 0 Å². The lowest BCUT2D eigenvalue weighted by molar-refractivity contribution is 0.324. The average Bonchev–Trinajstić information content (AvgIpc) is 2.43. The largest absolute Gasteiger partial charge is 0.493 e. The van der Waals surface area contributed by atoms with E-state index in [9.17, 15) is 0 Å². The molecule has 1 rings (SSSR count). The minimum absolute atomic E-state index is 0.357. The second-order valence-corrected chi connectivity index (χ2v) is 3.53. The molecule has 0 heterocycles. The second kappa shape index (κ2) is 5.82. The molecule has 0 radical (unpaired) electrons. The van der Waals surface area contributed by atoms with Gasteiger partial charge in [-0.2, -0.15) is 5.26 Å². The Balaban J connectivity index is 3.54. The van der Waals surface area contributed by atoms with E-state index < -0.39 is 0 Å². The number of nitrogens with two attached hydrogens (primary N) is 1. The normalized spacial score (nSPS) is 11.3. The van der Waals surface area contributed by atoms with Crippen LogP contribution >= 0.6 is 0 Å². The molecule has 0 fully saturated rings. The molecule has 0 aliphatic rings. The molecule has 0 bridgehead atoms. The van der Waals surface area contributed by atoms with Crippen molar-refractivity contribution in [1.29, 1.82) is 5.26 Å². The lowest BCUT2D eigenvalue weighted by Crippen LogP contribution is -2.04. The fraction of sp³-hybridized carbons (Fsp3) is 0.308. The van der Waals surface area contributed by atoms with Gasteiger partial charge in [-0.15, -0.1) is 0 Å². The molecule has 5 nitrogen and oxygen atoms in total. The van der Waals surface area contributed by atoms with Gasteiger partial charge in [-0.05, 0) is 19.1 Å². The van der Waals surface area contributed by atoms with Crippen molar-refractivity contribution in [3.05, 3.63) is 23.3 Å². The van der Waals surface area contributed by atoms with Crippen LogP contribution in [0.4, 0.5) is 0 Å². The maximum absolute atomic E-state index is 8.87. The molecule has 1 aromatic carbocycles. The summed E-state index contributed by atoms with van der Waals surface area (Å²) in [4.78, 5) is 0. The van der Waals surface area contributed by atoms with Crippen LogP contribution in [0.5, 0.6) is 17.2 Å². The van der Waals surface area contributed by atoms with E-state index in [1.165, 1.54) is 21.3 Å². The van der Waals surface area contributed by atoms with Crippen LogP contribution in [-0.4, -0.2) is 21.3 Å². The van der Waals surface area contributed by atoms with Crippen molar-refractivity contribution in [2.75, 3.05) is 21.3 Å². The summed E-state index contributed by atoms with van der Waals surface area (Å²) in [6.45, 7) is 1.64. The van der Waals surface area contributed by atoms with Gasteiger partial charge in [-0.3, -0.25) is 0 Å². The Bertz CT molecular complexity index is 516. The SMILES string of the molecule is COc1ccc(/C(N)=C(/C)C#N)c(OC)c1OC. The number of ether oxygens (including phenoxy) is 3. The van der Waals surface area contributed by atoms with Gasteiger partial charge in [0.05, 0.1) is 38.7 Å². The molecule has 0 unspecified atom stereocenters. The van der Waals surface area contributed by atoms with E-state index in [1.807, 2.05) is 6.07 Å². The molecule has 0 spiro atoms. The van der Waals surface area contributed by atoms with Crippen LogP contribution in [0.1, 0.15) is 12.5 Å². The summed E-state index contributed by atoms with van der Waals surface area (Å²) < 4.78 is 15.7. The second-order valence-electron chi connectivity index (χ2n) is 3.53. The maximum Gasteiger partial charge on any atom is 0.203 e. The number of nitriles is 1. The fourth-order valence-electron chi connectivity index (χ4n) is 1.58. The molecule has 0 aliphatic heterocycles. The van der Waals surface area contributed by atoms with Crippen molar-refractivity contribution < 1.29 is 14.2 Å². The highest BCUT2D eigenvalue weighted by Gasteiger charge is 2.18. The van der Waals surface area contributed by atoms with E-state index in [4.69, 9.17) is 25.2 Å². The molecule has 1 aromatic rings. The quantitative estimate of drug-likeness (QED) is 0.824. The third-order valence-electron chi connectivity index (χ3n) is 2.57. The number of benzene rings is 1. The minimum Gasteiger partial charge on any atom is -0.493 e. The number of allylic oxidation sites excluding steroid dienone is 1. The first-order valence-corrected chi connectivity index (χ1v) is 5.26. The molecule has 0 saturated carbocycles. The standard InChI is InChI=1S/C13H16N2O3/c1-8(7-14)11(15)9-5-6-10(16-2)13(18-4)12(9)17-3/h5-6H,15H2,1-4H3/b11-8+. The Morgan fingerprint density at radius 3 is 2.17 bits per heavy atom. The summed E-state index contributed by atoms with van der Waals surface area (Å²) in [5.41, 5.74) is 7.30.